The Morgan fingerprint density at radius 2 is 2.00 bits per heavy atom. The maximum Gasteiger partial charge on any atom is 0.129 e. The third-order valence-electron chi connectivity index (χ3n) is 5.20. The molecule has 3 heteroatoms. The summed E-state index contributed by atoms with van der Waals surface area (Å²) in [6.45, 7) is 4.74. The number of hydrogen-bond donors (Lipinski definition) is 1. The van der Waals surface area contributed by atoms with Crippen molar-refractivity contribution >= 4 is 0 Å². The SMILES string of the molecule is CC1c2ccc(OCc3ccccc3F)cc2C2CNCC12. The van der Waals surface area contributed by atoms with Gasteiger partial charge in [-0.25, -0.2) is 4.39 Å². The number of halogens is 1. The molecule has 1 fully saturated rings. The Hall–Kier alpha value is -1.87. The maximum absolute atomic E-state index is 13.7. The molecule has 2 aromatic carbocycles. The summed E-state index contributed by atoms with van der Waals surface area (Å²) in [5.74, 6) is 2.54. The standard InChI is InChI=1S/C19H20FNO/c1-12-15-7-6-14(8-16(15)18-10-21-9-17(12)18)22-11-13-4-2-3-5-19(13)20/h2-8,12,17-18,21H,9-11H2,1H3. The molecule has 3 unspecified atom stereocenters. The van der Waals surface area contributed by atoms with Crippen LogP contribution in [0.1, 0.15) is 35.4 Å². The van der Waals surface area contributed by atoms with E-state index in [0.717, 1.165) is 18.8 Å². The van der Waals surface area contributed by atoms with Gasteiger partial charge in [-0.05, 0) is 47.7 Å². The predicted octanol–water partition coefficient (Wildman–Crippen LogP) is 3.82. The zero-order valence-electron chi connectivity index (χ0n) is 12.7. The van der Waals surface area contributed by atoms with Crippen molar-refractivity contribution in [3.8, 4) is 5.75 Å². The first-order valence-corrected chi connectivity index (χ1v) is 7.95. The highest BCUT2D eigenvalue weighted by atomic mass is 19.1. The Labute approximate surface area is 130 Å². The second-order valence-corrected chi connectivity index (χ2v) is 6.39. The summed E-state index contributed by atoms with van der Waals surface area (Å²) in [5, 5.41) is 3.49. The quantitative estimate of drug-likeness (QED) is 0.930. The molecule has 0 aromatic heterocycles. The van der Waals surface area contributed by atoms with Gasteiger partial charge in [0.1, 0.15) is 18.2 Å². The van der Waals surface area contributed by atoms with Gasteiger partial charge in [0.25, 0.3) is 0 Å². The fourth-order valence-electron chi connectivity index (χ4n) is 3.95. The van der Waals surface area contributed by atoms with E-state index in [4.69, 9.17) is 4.74 Å². The normalized spacial score (nSPS) is 25.8. The molecule has 0 bridgehead atoms. The van der Waals surface area contributed by atoms with Crippen LogP contribution in [0.25, 0.3) is 0 Å². The van der Waals surface area contributed by atoms with Crippen LogP contribution in [0.4, 0.5) is 4.39 Å². The van der Waals surface area contributed by atoms with E-state index in [9.17, 15) is 4.39 Å². The molecule has 2 nitrogen and oxygen atoms in total. The van der Waals surface area contributed by atoms with Crippen molar-refractivity contribution in [3.05, 3.63) is 65.0 Å². The lowest BCUT2D eigenvalue weighted by Crippen LogP contribution is -2.12. The topological polar surface area (TPSA) is 21.3 Å². The average Bonchev–Trinajstić information content (AvgIpc) is 3.11. The van der Waals surface area contributed by atoms with Gasteiger partial charge in [-0.1, -0.05) is 31.2 Å². The van der Waals surface area contributed by atoms with Crippen LogP contribution in [0.2, 0.25) is 0 Å². The van der Waals surface area contributed by atoms with Gasteiger partial charge >= 0.3 is 0 Å². The molecule has 3 atom stereocenters. The maximum atomic E-state index is 13.7. The molecule has 1 aliphatic carbocycles. The second-order valence-electron chi connectivity index (χ2n) is 6.39. The summed E-state index contributed by atoms with van der Waals surface area (Å²) in [6, 6.07) is 13.1. The van der Waals surface area contributed by atoms with Gasteiger partial charge in [-0.2, -0.15) is 0 Å². The fraction of sp³-hybridized carbons (Fsp3) is 0.368. The highest BCUT2D eigenvalue weighted by Crippen LogP contribution is 2.48. The lowest BCUT2D eigenvalue weighted by Gasteiger charge is -2.12. The Morgan fingerprint density at radius 1 is 1.14 bits per heavy atom. The number of benzene rings is 2. The van der Waals surface area contributed by atoms with Gasteiger partial charge in [-0.15, -0.1) is 0 Å². The largest absolute Gasteiger partial charge is 0.489 e. The number of fused-ring (bicyclic) bond motifs is 3. The van der Waals surface area contributed by atoms with E-state index < -0.39 is 0 Å². The number of nitrogens with one attached hydrogen (secondary N) is 1. The number of hydrogen-bond acceptors (Lipinski definition) is 2. The van der Waals surface area contributed by atoms with Crippen molar-refractivity contribution in [1.29, 1.82) is 0 Å². The molecule has 0 amide bonds. The van der Waals surface area contributed by atoms with Crippen molar-refractivity contribution in [2.75, 3.05) is 13.1 Å². The number of ether oxygens (including phenoxy) is 1. The molecule has 1 aliphatic heterocycles. The van der Waals surface area contributed by atoms with Gasteiger partial charge in [0.05, 0.1) is 0 Å². The van der Waals surface area contributed by atoms with Crippen LogP contribution in [0.15, 0.2) is 42.5 Å². The summed E-state index contributed by atoms with van der Waals surface area (Å²) in [4.78, 5) is 0. The van der Waals surface area contributed by atoms with Crippen LogP contribution >= 0.6 is 0 Å². The van der Waals surface area contributed by atoms with Gasteiger partial charge < -0.3 is 10.1 Å². The van der Waals surface area contributed by atoms with E-state index in [0.29, 0.717) is 23.3 Å². The molecule has 0 saturated carbocycles. The average molecular weight is 297 g/mol. The molecule has 1 heterocycles. The minimum Gasteiger partial charge on any atom is -0.489 e. The van der Waals surface area contributed by atoms with Gasteiger partial charge in [-0.3, -0.25) is 0 Å². The van der Waals surface area contributed by atoms with Crippen LogP contribution in [0.3, 0.4) is 0 Å². The van der Waals surface area contributed by atoms with Crippen LogP contribution < -0.4 is 10.1 Å². The zero-order valence-corrected chi connectivity index (χ0v) is 12.7. The Kier molecular flexibility index (Phi) is 3.38. The Bertz CT molecular complexity index is 700. The summed E-state index contributed by atoms with van der Waals surface area (Å²) in [7, 11) is 0. The lowest BCUT2D eigenvalue weighted by molar-refractivity contribution is 0.299. The smallest absolute Gasteiger partial charge is 0.129 e. The van der Waals surface area contributed by atoms with E-state index in [2.05, 4.69) is 24.4 Å². The van der Waals surface area contributed by atoms with Crippen LogP contribution in [-0.4, -0.2) is 13.1 Å². The van der Waals surface area contributed by atoms with Crippen molar-refractivity contribution in [3.63, 3.8) is 0 Å². The number of rotatable bonds is 3. The minimum atomic E-state index is -0.211. The first-order valence-electron chi connectivity index (χ1n) is 7.95. The van der Waals surface area contributed by atoms with Crippen molar-refractivity contribution in [2.45, 2.75) is 25.4 Å². The third-order valence-corrected chi connectivity index (χ3v) is 5.20. The monoisotopic (exact) mass is 297 g/mol. The molecule has 1 saturated heterocycles. The highest BCUT2D eigenvalue weighted by molar-refractivity contribution is 5.45. The van der Waals surface area contributed by atoms with Gasteiger partial charge in [0, 0.05) is 18.0 Å². The molecule has 0 radical (unpaired) electrons. The molecular formula is C19H20FNO. The van der Waals surface area contributed by atoms with Gasteiger partial charge in [0.15, 0.2) is 0 Å². The van der Waals surface area contributed by atoms with E-state index in [1.54, 1.807) is 12.1 Å². The van der Waals surface area contributed by atoms with E-state index in [1.807, 2.05) is 12.1 Å². The van der Waals surface area contributed by atoms with Crippen LogP contribution in [0, 0.1) is 11.7 Å². The molecule has 4 rings (SSSR count). The van der Waals surface area contributed by atoms with E-state index >= 15 is 0 Å². The van der Waals surface area contributed by atoms with Crippen molar-refractivity contribution in [1.82, 2.24) is 5.32 Å². The molecule has 2 aromatic rings. The molecule has 1 N–H and O–H groups in total. The summed E-state index contributed by atoms with van der Waals surface area (Å²) < 4.78 is 19.5. The first kappa shape index (κ1) is 13.8. The molecule has 22 heavy (non-hydrogen) atoms. The van der Waals surface area contributed by atoms with Gasteiger partial charge in [0.2, 0.25) is 0 Å². The van der Waals surface area contributed by atoms with Crippen molar-refractivity contribution < 1.29 is 9.13 Å². The summed E-state index contributed by atoms with van der Waals surface area (Å²) in [6.07, 6.45) is 0. The molecular weight excluding hydrogens is 277 g/mol. The van der Waals surface area contributed by atoms with E-state index in [1.165, 1.54) is 17.2 Å². The summed E-state index contributed by atoms with van der Waals surface area (Å²) in [5.41, 5.74) is 3.46. The minimum absolute atomic E-state index is 0.211. The first-order chi connectivity index (χ1) is 10.7. The second kappa shape index (κ2) is 5.40. The highest BCUT2D eigenvalue weighted by Gasteiger charge is 2.41. The lowest BCUT2D eigenvalue weighted by atomic mass is 9.91. The Morgan fingerprint density at radius 3 is 2.86 bits per heavy atom. The molecule has 0 spiro atoms. The fourth-order valence-corrected chi connectivity index (χ4v) is 3.95. The Balaban J connectivity index is 1.55. The molecule has 2 aliphatic rings. The summed E-state index contributed by atoms with van der Waals surface area (Å²) >= 11 is 0. The van der Waals surface area contributed by atoms with Crippen LogP contribution in [0.5, 0.6) is 5.75 Å². The van der Waals surface area contributed by atoms with Crippen LogP contribution in [-0.2, 0) is 6.61 Å². The van der Waals surface area contributed by atoms with Crippen molar-refractivity contribution in [2.24, 2.45) is 5.92 Å². The zero-order chi connectivity index (χ0) is 15.1. The predicted molar refractivity (Wildman–Crippen MR) is 84.7 cm³/mol. The molecule has 114 valence electrons. The third kappa shape index (κ3) is 2.20. The van der Waals surface area contributed by atoms with E-state index in [-0.39, 0.29) is 12.4 Å².